The zero-order chi connectivity index (χ0) is 24.2. The topological polar surface area (TPSA) is 59.1 Å². The molecule has 1 fully saturated rings. The average molecular weight is 505 g/mol. The number of nitrogens with one attached hydrogen (secondary N) is 2. The van der Waals surface area contributed by atoms with Crippen molar-refractivity contribution in [3.05, 3.63) is 71.4 Å². The van der Waals surface area contributed by atoms with Crippen molar-refractivity contribution in [1.29, 1.82) is 0 Å². The van der Waals surface area contributed by atoms with Gasteiger partial charge in [0.05, 0.1) is 12.1 Å². The Morgan fingerprint density at radius 3 is 2.63 bits per heavy atom. The third-order valence-electron chi connectivity index (χ3n) is 6.46. The van der Waals surface area contributed by atoms with Crippen LogP contribution in [-0.2, 0) is 0 Å². The van der Waals surface area contributed by atoms with Crippen LogP contribution in [0, 0.1) is 6.92 Å². The van der Waals surface area contributed by atoms with E-state index in [1.54, 1.807) is 7.11 Å². The molecule has 0 unspecified atom stereocenters. The highest BCUT2D eigenvalue weighted by Gasteiger charge is 2.16. The van der Waals surface area contributed by atoms with Gasteiger partial charge in [0.15, 0.2) is 0 Å². The molecule has 0 bridgehead atoms. The number of benzene rings is 3. The second kappa shape index (κ2) is 10.8. The van der Waals surface area contributed by atoms with E-state index < -0.39 is 0 Å². The van der Waals surface area contributed by atoms with Crippen LogP contribution >= 0.6 is 23.5 Å². The Bertz CT molecular complexity index is 1340. The van der Waals surface area contributed by atoms with E-state index in [-0.39, 0.29) is 0 Å². The van der Waals surface area contributed by atoms with E-state index in [1.165, 1.54) is 44.1 Å². The van der Waals surface area contributed by atoms with E-state index in [4.69, 9.17) is 21.3 Å². The summed E-state index contributed by atoms with van der Waals surface area (Å²) in [5.74, 6) is 1.43. The van der Waals surface area contributed by atoms with Crippen LogP contribution in [0.5, 0.6) is 5.75 Å². The third-order valence-corrected chi connectivity index (χ3v) is 7.81. The van der Waals surface area contributed by atoms with Gasteiger partial charge in [-0.15, -0.1) is 0 Å². The summed E-state index contributed by atoms with van der Waals surface area (Å²) in [5, 5.41) is 5.22. The van der Waals surface area contributed by atoms with Crippen LogP contribution in [0.15, 0.2) is 65.7 Å². The molecule has 1 heterocycles. The van der Waals surface area contributed by atoms with E-state index in [1.807, 2.05) is 30.5 Å². The Morgan fingerprint density at radius 1 is 1.03 bits per heavy atom. The second-order valence-electron chi connectivity index (χ2n) is 8.95. The van der Waals surface area contributed by atoms with Crippen molar-refractivity contribution in [3.63, 3.8) is 0 Å². The highest BCUT2D eigenvalue weighted by molar-refractivity contribution is 8.00. The van der Waals surface area contributed by atoms with Crippen molar-refractivity contribution in [2.24, 2.45) is 0 Å². The van der Waals surface area contributed by atoms with Crippen LogP contribution in [0.1, 0.15) is 37.7 Å². The molecule has 5 rings (SSSR count). The lowest BCUT2D eigenvalue weighted by atomic mass is 9.96. The number of ether oxygens (including phenoxy) is 1. The minimum absolute atomic E-state index is 0.456. The van der Waals surface area contributed by atoms with Crippen LogP contribution < -0.4 is 14.8 Å². The van der Waals surface area contributed by atoms with Crippen LogP contribution in [0.25, 0.3) is 22.0 Å². The molecule has 0 aliphatic heterocycles. The van der Waals surface area contributed by atoms with Crippen molar-refractivity contribution in [2.45, 2.75) is 50.0 Å². The van der Waals surface area contributed by atoms with E-state index >= 15 is 0 Å². The van der Waals surface area contributed by atoms with Crippen molar-refractivity contribution in [3.8, 4) is 16.9 Å². The molecule has 5 nitrogen and oxygen atoms in total. The molecular formula is C28H29ClN4OS. The number of halogens is 1. The van der Waals surface area contributed by atoms with Crippen molar-refractivity contribution < 1.29 is 4.74 Å². The molecule has 1 aromatic heterocycles. The normalized spacial score (nSPS) is 14.1. The number of hydrogen-bond acceptors (Lipinski definition) is 6. The Hall–Kier alpha value is -2.96. The SMILES string of the molecule is COc1cc(-c2ccc(NSc3ccccc3Cl)cc2C)cc2cnc(NC3CCCCC3)nc12. The summed E-state index contributed by atoms with van der Waals surface area (Å²) < 4.78 is 9.14. The van der Waals surface area contributed by atoms with Gasteiger partial charge in [0.1, 0.15) is 11.3 Å². The zero-order valence-corrected chi connectivity index (χ0v) is 21.5. The summed E-state index contributed by atoms with van der Waals surface area (Å²) in [6.07, 6.45) is 8.11. The number of aromatic nitrogens is 2. The lowest BCUT2D eigenvalue weighted by Gasteiger charge is -2.22. The van der Waals surface area contributed by atoms with E-state index in [2.05, 4.69) is 52.3 Å². The molecule has 0 spiro atoms. The minimum atomic E-state index is 0.456. The zero-order valence-electron chi connectivity index (χ0n) is 20.0. The van der Waals surface area contributed by atoms with Crippen molar-refractivity contribution in [2.75, 3.05) is 17.1 Å². The fourth-order valence-corrected chi connectivity index (χ4v) is 5.53. The van der Waals surface area contributed by atoms with Gasteiger partial charge in [0.25, 0.3) is 0 Å². The summed E-state index contributed by atoms with van der Waals surface area (Å²) >= 11 is 7.78. The maximum atomic E-state index is 6.27. The molecule has 0 amide bonds. The highest BCUT2D eigenvalue weighted by Crippen LogP contribution is 2.35. The average Bonchev–Trinajstić information content (AvgIpc) is 2.88. The maximum Gasteiger partial charge on any atom is 0.223 e. The molecule has 7 heteroatoms. The van der Waals surface area contributed by atoms with Gasteiger partial charge in [-0.2, -0.15) is 0 Å². The third kappa shape index (κ3) is 5.49. The molecule has 3 aromatic carbocycles. The Morgan fingerprint density at radius 2 is 1.86 bits per heavy atom. The van der Waals surface area contributed by atoms with Gasteiger partial charge < -0.3 is 14.8 Å². The van der Waals surface area contributed by atoms with E-state index in [9.17, 15) is 0 Å². The standard InChI is InChI=1S/C28H29ClN4OS/c1-18-14-22(33-35-26-11-7-6-10-24(26)29)12-13-23(18)19-15-20-17-30-28(31-21-8-4-3-5-9-21)32-27(20)25(16-19)34-2/h6-7,10-17,21,33H,3-5,8-9H2,1-2H3,(H,30,31,32). The van der Waals surface area contributed by atoms with Gasteiger partial charge >= 0.3 is 0 Å². The molecule has 0 radical (unpaired) electrons. The van der Waals surface area contributed by atoms with E-state index in [0.717, 1.165) is 48.9 Å². The number of fused-ring (bicyclic) bond motifs is 1. The van der Waals surface area contributed by atoms with Crippen LogP contribution in [0.2, 0.25) is 5.02 Å². The first-order valence-corrected chi connectivity index (χ1v) is 13.2. The quantitative estimate of drug-likeness (QED) is 0.248. The fourth-order valence-electron chi connectivity index (χ4n) is 4.62. The molecule has 2 N–H and O–H groups in total. The van der Waals surface area contributed by atoms with Crippen LogP contribution in [-0.4, -0.2) is 23.1 Å². The van der Waals surface area contributed by atoms with E-state index in [0.29, 0.717) is 12.0 Å². The molecule has 4 aromatic rings. The first-order chi connectivity index (χ1) is 17.1. The summed E-state index contributed by atoms with van der Waals surface area (Å²) in [6, 6.07) is 18.8. The summed E-state index contributed by atoms with van der Waals surface area (Å²) in [7, 11) is 1.70. The number of methoxy groups -OCH3 is 1. The number of nitrogens with zero attached hydrogens (tertiary/aromatic N) is 2. The van der Waals surface area contributed by atoms with Gasteiger partial charge in [-0.1, -0.05) is 49.1 Å². The molecule has 1 saturated carbocycles. The monoisotopic (exact) mass is 504 g/mol. The summed E-state index contributed by atoms with van der Waals surface area (Å²) in [4.78, 5) is 10.4. The van der Waals surface area contributed by atoms with Crippen LogP contribution in [0.4, 0.5) is 11.6 Å². The van der Waals surface area contributed by atoms with Crippen molar-refractivity contribution >= 4 is 46.1 Å². The van der Waals surface area contributed by atoms with Gasteiger partial charge in [0.2, 0.25) is 5.95 Å². The predicted molar refractivity (Wildman–Crippen MR) is 148 cm³/mol. The molecule has 0 saturated heterocycles. The first kappa shape index (κ1) is 23.8. The Labute approximate surface area is 215 Å². The highest BCUT2D eigenvalue weighted by atomic mass is 35.5. The lowest BCUT2D eigenvalue weighted by Crippen LogP contribution is -2.23. The van der Waals surface area contributed by atoms with Gasteiger partial charge in [-0.05, 0) is 84.8 Å². The molecule has 1 aliphatic rings. The number of aryl methyl sites for hydroxylation is 1. The first-order valence-electron chi connectivity index (χ1n) is 12.0. The lowest BCUT2D eigenvalue weighted by molar-refractivity contribution is 0.419. The molecular weight excluding hydrogens is 476 g/mol. The summed E-state index contributed by atoms with van der Waals surface area (Å²) in [5.41, 5.74) is 5.23. The van der Waals surface area contributed by atoms with Gasteiger partial charge in [-0.25, -0.2) is 9.97 Å². The van der Waals surface area contributed by atoms with Gasteiger partial charge in [0, 0.05) is 28.2 Å². The van der Waals surface area contributed by atoms with Crippen LogP contribution in [0.3, 0.4) is 0 Å². The second-order valence-corrected chi connectivity index (χ2v) is 10.2. The molecule has 35 heavy (non-hydrogen) atoms. The molecule has 0 atom stereocenters. The number of hydrogen-bond donors (Lipinski definition) is 2. The maximum absolute atomic E-state index is 6.27. The fraction of sp³-hybridized carbons (Fsp3) is 0.286. The Kier molecular flexibility index (Phi) is 7.30. The number of anilines is 2. The summed E-state index contributed by atoms with van der Waals surface area (Å²) in [6.45, 7) is 2.12. The minimum Gasteiger partial charge on any atom is -0.494 e. The molecule has 1 aliphatic carbocycles. The number of rotatable bonds is 7. The largest absolute Gasteiger partial charge is 0.494 e. The van der Waals surface area contributed by atoms with Crippen molar-refractivity contribution in [1.82, 2.24) is 9.97 Å². The Balaban J connectivity index is 1.38. The van der Waals surface area contributed by atoms with Gasteiger partial charge in [-0.3, -0.25) is 0 Å². The smallest absolute Gasteiger partial charge is 0.223 e. The molecule has 180 valence electrons. The predicted octanol–water partition coefficient (Wildman–Crippen LogP) is 8.13.